The van der Waals surface area contributed by atoms with Gasteiger partial charge in [0.1, 0.15) is 23.8 Å². The lowest BCUT2D eigenvalue weighted by Gasteiger charge is -2.06. The summed E-state index contributed by atoms with van der Waals surface area (Å²) in [6.07, 6.45) is 1.11. The first-order chi connectivity index (χ1) is 9.19. The van der Waals surface area contributed by atoms with Crippen molar-refractivity contribution >= 4 is 0 Å². The zero-order chi connectivity index (χ0) is 13.7. The molecular weight excluding hydrogens is 246 g/mol. The van der Waals surface area contributed by atoms with E-state index in [2.05, 4.69) is 10.3 Å². The molecule has 1 N–H and O–H groups in total. The summed E-state index contributed by atoms with van der Waals surface area (Å²) in [5.74, 6) is 1.57. The van der Waals surface area contributed by atoms with Gasteiger partial charge in [0.25, 0.3) is 0 Å². The molecule has 19 heavy (non-hydrogen) atoms. The van der Waals surface area contributed by atoms with Gasteiger partial charge in [-0.25, -0.2) is 4.68 Å². The summed E-state index contributed by atoms with van der Waals surface area (Å²) >= 11 is 0. The highest BCUT2D eigenvalue weighted by molar-refractivity contribution is 5.31. The van der Waals surface area contributed by atoms with Crippen LogP contribution in [-0.4, -0.2) is 33.8 Å². The minimum Gasteiger partial charge on any atom is -0.497 e. The van der Waals surface area contributed by atoms with E-state index in [1.54, 1.807) is 24.9 Å². The van der Waals surface area contributed by atoms with Gasteiger partial charge in [-0.05, 0) is 31.2 Å². The van der Waals surface area contributed by atoms with E-state index in [-0.39, 0.29) is 0 Å². The molecule has 0 saturated carbocycles. The van der Waals surface area contributed by atoms with Crippen LogP contribution in [0.15, 0.2) is 30.5 Å². The molecule has 1 atom stereocenters. The number of aliphatic hydroxyl groups excluding tert-OH is 1. The van der Waals surface area contributed by atoms with Crippen molar-refractivity contribution in [2.45, 2.75) is 19.6 Å². The number of hydrogen-bond acceptors (Lipinski definition) is 5. The smallest absolute Gasteiger partial charge is 0.119 e. The first kappa shape index (κ1) is 13.4. The Hall–Kier alpha value is -2.08. The second kappa shape index (κ2) is 6.19. The Labute approximate surface area is 111 Å². The van der Waals surface area contributed by atoms with E-state index < -0.39 is 6.10 Å². The molecule has 0 amide bonds. The monoisotopic (exact) mass is 263 g/mol. The molecule has 0 spiro atoms. The predicted octanol–water partition coefficient (Wildman–Crippen LogP) is 1.42. The van der Waals surface area contributed by atoms with E-state index in [4.69, 9.17) is 9.47 Å². The molecule has 1 heterocycles. The molecule has 1 unspecified atom stereocenters. The van der Waals surface area contributed by atoms with Gasteiger partial charge in [0.2, 0.25) is 0 Å². The van der Waals surface area contributed by atoms with Crippen LogP contribution in [0.1, 0.15) is 18.7 Å². The summed E-state index contributed by atoms with van der Waals surface area (Å²) in [7, 11) is 1.63. The zero-order valence-corrected chi connectivity index (χ0v) is 11.0. The highest BCUT2D eigenvalue weighted by atomic mass is 16.5. The molecule has 1 aromatic heterocycles. The molecule has 0 aliphatic heterocycles. The van der Waals surface area contributed by atoms with Crippen molar-refractivity contribution < 1.29 is 14.6 Å². The Morgan fingerprint density at radius 3 is 2.53 bits per heavy atom. The summed E-state index contributed by atoms with van der Waals surface area (Å²) in [5.41, 5.74) is 0.560. The van der Waals surface area contributed by atoms with Gasteiger partial charge in [-0.15, -0.1) is 5.10 Å². The van der Waals surface area contributed by atoms with Crippen LogP contribution in [0.25, 0.3) is 0 Å². The minimum absolute atomic E-state index is 0.481. The van der Waals surface area contributed by atoms with Gasteiger partial charge in [0.15, 0.2) is 0 Å². The van der Waals surface area contributed by atoms with Crippen molar-refractivity contribution in [3.8, 4) is 11.5 Å². The Morgan fingerprint density at radius 2 is 1.95 bits per heavy atom. The summed E-state index contributed by atoms with van der Waals surface area (Å²) in [6.45, 7) is 2.71. The fourth-order valence-corrected chi connectivity index (χ4v) is 1.54. The third kappa shape index (κ3) is 3.69. The van der Waals surface area contributed by atoms with Crippen LogP contribution in [-0.2, 0) is 6.54 Å². The topological polar surface area (TPSA) is 69.4 Å². The Morgan fingerprint density at radius 1 is 1.26 bits per heavy atom. The standard InChI is InChI=1S/C13H17N3O3/c1-10(17)13-9-16(15-14-13)7-8-19-12-5-3-11(18-2)4-6-12/h3-6,9-10,17H,7-8H2,1-2H3. The van der Waals surface area contributed by atoms with Crippen molar-refractivity contribution in [1.29, 1.82) is 0 Å². The third-order valence-electron chi connectivity index (χ3n) is 2.63. The summed E-state index contributed by atoms with van der Waals surface area (Å²) in [6, 6.07) is 7.38. The molecule has 102 valence electrons. The molecule has 6 heteroatoms. The van der Waals surface area contributed by atoms with Crippen LogP contribution >= 0.6 is 0 Å². The highest BCUT2D eigenvalue weighted by Gasteiger charge is 2.05. The lowest BCUT2D eigenvalue weighted by molar-refractivity contribution is 0.194. The normalized spacial score (nSPS) is 12.2. The average Bonchev–Trinajstić information content (AvgIpc) is 2.89. The maximum absolute atomic E-state index is 9.33. The van der Waals surface area contributed by atoms with Crippen molar-refractivity contribution in [2.24, 2.45) is 0 Å². The molecule has 0 bridgehead atoms. The van der Waals surface area contributed by atoms with Crippen LogP contribution in [0.4, 0.5) is 0 Å². The van der Waals surface area contributed by atoms with Crippen molar-refractivity contribution in [2.75, 3.05) is 13.7 Å². The molecule has 2 rings (SSSR count). The molecule has 1 aromatic carbocycles. The van der Waals surface area contributed by atoms with Crippen LogP contribution < -0.4 is 9.47 Å². The number of rotatable bonds is 6. The number of aliphatic hydroxyl groups is 1. The average molecular weight is 263 g/mol. The summed E-state index contributed by atoms with van der Waals surface area (Å²) in [4.78, 5) is 0. The molecule has 0 fully saturated rings. The van der Waals surface area contributed by atoms with Crippen molar-refractivity contribution in [3.63, 3.8) is 0 Å². The van der Waals surface area contributed by atoms with Gasteiger partial charge in [0.05, 0.1) is 26.0 Å². The second-order valence-electron chi connectivity index (χ2n) is 4.11. The molecule has 0 saturated heterocycles. The predicted molar refractivity (Wildman–Crippen MR) is 69.1 cm³/mol. The molecule has 2 aromatic rings. The fourth-order valence-electron chi connectivity index (χ4n) is 1.54. The van der Waals surface area contributed by atoms with Crippen LogP contribution in [0, 0.1) is 0 Å². The van der Waals surface area contributed by atoms with Crippen molar-refractivity contribution in [3.05, 3.63) is 36.2 Å². The van der Waals surface area contributed by atoms with Gasteiger partial charge in [-0.1, -0.05) is 5.21 Å². The van der Waals surface area contributed by atoms with Crippen LogP contribution in [0.3, 0.4) is 0 Å². The largest absolute Gasteiger partial charge is 0.497 e. The van der Waals surface area contributed by atoms with E-state index in [0.717, 1.165) is 11.5 Å². The SMILES string of the molecule is COc1ccc(OCCn2cc(C(C)O)nn2)cc1. The van der Waals surface area contributed by atoms with E-state index in [9.17, 15) is 5.11 Å². The molecule has 0 aliphatic carbocycles. The lowest BCUT2D eigenvalue weighted by atomic mass is 10.3. The van der Waals surface area contributed by atoms with Gasteiger partial charge in [0, 0.05) is 0 Å². The second-order valence-corrected chi connectivity index (χ2v) is 4.11. The maximum Gasteiger partial charge on any atom is 0.119 e. The molecule has 0 aliphatic rings. The number of hydrogen-bond donors (Lipinski definition) is 1. The number of nitrogens with zero attached hydrogens (tertiary/aromatic N) is 3. The minimum atomic E-state index is -0.601. The highest BCUT2D eigenvalue weighted by Crippen LogP contribution is 2.16. The summed E-state index contributed by atoms with van der Waals surface area (Å²) < 4.78 is 12.3. The Balaban J connectivity index is 1.81. The van der Waals surface area contributed by atoms with Gasteiger partial charge < -0.3 is 14.6 Å². The number of methoxy groups -OCH3 is 1. The number of benzene rings is 1. The summed E-state index contributed by atoms with van der Waals surface area (Å²) in [5, 5.41) is 17.1. The van der Waals surface area contributed by atoms with Crippen molar-refractivity contribution in [1.82, 2.24) is 15.0 Å². The van der Waals surface area contributed by atoms with E-state index in [0.29, 0.717) is 18.8 Å². The lowest BCUT2D eigenvalue weighted by Crippen LogP contribution is -2.08. The number of ether oxygens (including phenoxy) is 2. The maximum atomic E-state index is 9.33. The molecule has 6 nitrogen and oxygen atoms in total. The van der Waals surface area contributed by atoms with E-state index >= 15 is 0 Å². The van der Waals surface area contributed by atoms with E-state index in [1.807, 2.05) is 24.3 Å². The van der Waals surface area contributed by atoms with Gasteiger partial charge >= 0.3 is 0 Å². The van der Waals surface area contributed by atoms with Crippen LogP contribution in [0.5, 0.6) is 11.5 Å². The Kier molecular flexibility index (Phi) is 4.35. The quantitative estimate of drug-likeness (QED) is 0.853. The molecular formula is C13H17N3O3. The zero-order valence-electron chi connectivity index (χ0n) is 11.0. The third-order valence-corrected chi connectivity index (χ3v) is 2.63. The van der Waals surface area contributed by atoms with Crippen LogP contribution in [0.2, 0.25) is 0 Å². The van der Waals surface area contributed by atoms with Gasteiger partial charge in [-0.2, -0.15) is 0 Å². The van der Waals surface area contributed by atoms with Gasteiger partial charge in [-0.3, -0.25) is 0 Å². The Bertz CT molecular complexity index is 508. The fraction of sp³-hybridized carbons (Fsp3) is 0.385. The van der Waals surface area contributed by atoms with E-state index in [1.165, 1.54) is 0 Å². The molecule has 0 radical (unpaired) electrons. The first-order valence-corrected chi connectivity index (χ1v) is 6.04. The number of aromatic nitrogens is 3. The first-order valence-electron chi connectivity index (χ1n) is 6.04.